The van der Waals surface area contributed by atoms with E-state index in [-0.39, 0.29) is 5.60 Å². The lowest BCUT2D eigenvalue weighted by atomic mass is 9.89. The van der Waals surface area contributed by atoms with Crippen molar-refractivity contribution in [3.8, 4) is 0 Å². The molecular weight excluding hydrogens is 256 g/mol. The molecule has 15 heavy (non-hydrogen) atoms. The summed E-state index contributed by atoms with van der Waals surface area (Å²) in [4.78, 5) is 0. The van der Waals surface area contributed by atoms with Crippen molar-refractivity contribution < 1.29 is 9.47 Å². The van der Waals surface area contributed by atoms with Gasteiger partial charge in [0.1, 0.15) is 0 Å². The highest BCUT2D eigenvalue weighted by molar-refractivity contribution is 9.09. The summed E-state index contributed by atoms with van der Waals surface area (Å²) in [6, 6.07) is 0. The van der Waals surface area contributed by atoms with Crippen molar-refractivity contribution in [3.63, 3.8) is 0 Å². The lowest BCUT2D eigenvalue weighted by Gasteiger charge is -2.37. The first-order valence-corrected chi connectivity index (χ1v) is 7.22. The molecule has 0 spiro atoms. The van der Waals surface area contributed by atoms with Gasteiger partial charge in [-0.15, -0.1) is 0 Å². The monoisotopic (exact) mass is 276 g/mol. The summed E-state index contributed by atoms with van der Waals surface area (Å²) < 4.78 is 11.9. The largest absolute Gasteiger partial charge is 0.375 e. The molecule has 0 radical (unpaired) electrons. The molecule has 2 aliphatic heterocycles. The molecule has 2 nitrogen and oxygen atoms in total. The molecule has 0 N–H and O–H groups in total. The molecule has 0 aromatic rings. The first-order chi connectivity index (χ1) is 7.24. The Morgan fingerprint density at radius 1 is 1.33 bits per heavy atom. The van der Waals surface area contributed by atoms with E-state index in [0.29, 0.717) is 12.2 Å². The van der Waals surface area contributed by atoms with E-state index in [0.717, 1.165) is 18.4 Å². The van der Waals surface area contributed by atoms with Gasteiger partial charge in [-0.1, -0.05) is 15.9 Å². The Bertz CT molecular complexity index is 202. The van der Waals surface area contributed by atoms with Crippen molar-refractivity contribution in [2.75, 3.05) is 11.9 Å². The Balaban J connectivity index is 1.89. The van der Waals surface area contributed by atoms with Gasteiger partial charge >= 0.3 is 0 Å². The fraction of sp³-hybridized carbons (Fsp3) is 1.00. The lowest BCUT2D eigenvalue weighted by molar-refractivity contribution is -0.0933. The molecule has 88 valence electrons. The molecule has 2 rings (SSSR count). The number of rotatable bonds is 3. The van der Waals surface area contributed by atoms with Crippen LogP contribution >= 0.6 is 15.9 Å². The molecule has 0 aromatic heterocycles. The predicted octanol–water partition coefficient (Wildman–Crippen LogP) is 3.28. The van der Waals surface area contributed by atoms with E-state index in [1.807, 2.05) is 0 Å². The van der Waals surface area contributed by atoms with Crippen LogP contribution in [0.3, 0.4) is 0 Å². The maximum atomic E-state index is 5.99. The Labute approximate surface area is 101 Å². The molecule has 3 heteroatoms. The van der Waals surface area contributed by atoms with Crippen LogP contribution in [0.5, 0.6) is 0 Å². The van der Waals surface area contributed by atoms with Gasteiger partial charge in [0, 0.05) is 18.4 Å². The summed E-state index contributed by atoms with van der Waals surface area (Å²) in [6.45, 7) is 3.09. The molecule has 2 saturated heterocycles. The zero-order valence-electron chi connectivity index (χ0n) is 9.51. The fourth-order valence-corrected chi connectivity index (χ4v) is 3.35. The van der Waals surface area contributed by atoms with E-state index >= 15 is 0 Å². The Morgan fingerprint density at radius 3 is 2.73 bits per heavy atom. The van der Waals surface area contributed by atoms with E-state index in [2.05, 4.69) is 22.9 Å². The summed E-state index contributed by atoms with van der Waals surface area (Å²) in [6.07, 6.45) is 8.07. The van der Waals surface area contributed by atoms with Gasteiger partial charge in [0.25, 0.3) is 0 Å². The van der Waals surface area contributed by atoms with Crippen LogP contribution < -0.4 is 0 Å². The van der Waals surface area contributed by atoms with Gasteiger partial charge in [0.05, 0.1) is 17.8 Å². The van der Waals surface area contributed by atoms with E-state index in [1.165, 1.54) is 32.1 Å². The third-order valence-corrected chi connectivity index (χ3v) is 4.62. The average Bonchev–Trinajstić information content (AvgIpc) is 2.65. The molecular formula is C12H21BrO2. The van der Waals surface area contributed by atoms with Crippen molar-refractivity contribution in [1.82, 2.24) is 0 Å². The summed E-state index contributed by atoms with van der Waals surface area (Å²) in [5, 5.41) is 0.953. The number of hydrogen-bond acceptors (Lipinski definition) is 2. The number of ether oxygens (including phenoxy) is 2. The van der Waals surface area contributed by atoms with Gasteiger partial charge in [0.15, 0.2) is 0 Å². The number of hydrogen-bond donors (Lipinski definition) is 0. The Morgan fingerprint density at radius 2 is 2.20 bits per heavy atom. The van der Waals surface area contributed by atoms with Crippen molar-refractivity contribution in [3.05, 3.63) is 0 Å². The zero-order valence-corrected chi connectivity index (χ0v) is 11.1. The van der Waals surface area contributed by atoms with Gasteiger partial charge in [-0.05, 0) is 39.0 Å². The normalized spacial score (nSPS) is 42.0. The lowest BCUT2D eigenvalue weighted by Crippen LogP contribution is -2.41. The van der Waals surface area contributed by atoms with Crippen molar-refractivity contribution in [2.24, 2.45) is 0 Å². The smallest absolute Gasteiger partial charge is 0.0803 e. The van der Waals surface area contributed by atoms with Gasteiger partial charge in [-0.3, -0.25) is 0 Å². The molecule has 0 aliphatic carbocycles. The topological polar surface area (TPSA) is 18.5 Å². The highest BCUT2D eigenvalue weighted by Gasteiger charge is 2.37. The second kappa shape index (κ2) is 5.15. The summed E-state index contributed by atoms with van der Waals surface area (Å²) in [5.74, 6) is 0. The third kappa shape index (κ3) is 2.95. The Kier molecular flexibility index (Phi) is 4.08. The molecule has 2 fully saturated rings. The average molecular weight is 277 g/mol. The molecule has 0 saturated carbocycles. The van der Waals surface area contributed by atoms with Crippen LogP contribution in [0.1, 0.15) is 45.4 Å². The van der Waals surface area contributed by atoms with Crippen LogP contribution in [0.2, 0.25) is 0 Å². The second-order valence-electron chi connectivity index (χ2n) is 4.97. The van der Waals surface area contributed by atoms with Crippen LogP contribution in [-0.2, 0) is 9.47 Å². The maximum absolute atomic E-state index is 5.99. The van der Waals surface area contributed by atoms with E-state index in [1.54, 1.807) is 0 Å². The van der Waals surface area contributed by atoms with E-state index in [4.69, 9.17) is 9.47 Å². The van der Waals surface area contributed by atoms with Crippen molar-refractivity contribution >= 4 is 15.9 Å². The SMILES string of the molecule is CC1CCC(CC2(CBr)CCCCO2)O1. The molecule has 0 aromatic carbocycles. The molecule has 0 bridgehead atoms. The van der Waals surface area contributed by atoms with Gasteiger partial charge in [-0.2, -0.15) is 0 Å². The van der Waals surface area contributed by atoms with Gasteiger partial charge in [0.2, 0.25) is 0 Å². The highest BCUT2D eigenvalue weighted by atomic mass is 79.9. The van der Waals surface area contributed by atoms with Crippen LogP contribution in [0.4, 0.5) is 0 Å². The predicted molar refractivity (Wildman–Crippen MR) is 64.5 cm³/mol. The molecule has 3 unspecified atom stereocenters. The van der Waals surface area contributed by atoms with E-state index < -0.39 is 0 Å². The molecule has 2 aliphatic rings. The van der Waals surface area contributed by atoms with Crippen LogP contribution in [0.25, 0.3) is 0 Å². The first kappa shape index (κ1) is 11.9. The minimum absolute atomic E-state index is 0.0625. The maximum Gasteiger partial charge on any atom is 0.0803 e. The minimum atomic E-state index is 0.0625. The summed E-state index contributed by atoms with van der Waals surface area (Å²) in [5.41, 5.74) is 0.0625. The number of alkyl halides is 1. The van der Waals surface area contributed by atoms with Crippen LogP contribution in [-0.4, -0.2) is 29.7 Å². The first-order valence-electron chi connectivity index (χ1n) is 6.09. The van der Waals surface area contributed by atoms with Gasteiger partial charge in [-0.25, -0.2) is 0 Å². The number of halogens is 1. The molecule has 2 heterocycles. The third-order valence-electron chi connectivity index (χ3n) is 3.60. The van der Waals surface area contributed by atoms with Gasteiger partial charge < -0.3 is 9.47 Å². The molecule has 0 amide bonds. The quantitative estimate of drug-likeness (QED) is 0.737. The standard InChI is InChI=1S/C12H21BrO2/c1-10-4-5-11(15-10)8-12(9-13)6-2-3-7-14-12/h10-11H,2-9H2,1H3. The molecule has 3 atom stereocenters. The van der Waals surface area contributed by atoms with E-state index in [9.17, 15) is 0 Å². The highest BCUT2D eigenvalue weighted by Crippen LogP contribution is 2.35. The minimum Gasteiger partial charge on any atom is -0.375 e. The summed E-state index contributed by atoms with van der Waals surface area (Å²) in [7, 11) is 0. The Hall–Kier alpha value is 0.400. The zero-order chi connectivity index (χ0) is 10.7. The van der Waals surface area contributed by atoms with Crippen LogP contribution in [0, 0.1) is 0 Å². The van der Waals surface area contributed by atoms with Crippen molar-refractivity contribution in [1.29, 1.82) is 0 Å². The van der Waals surface area contributed by atoms with Crippen LogP contribution in [0.15, 0.2) is 0 Å². The summed E-state index contributed by atoms with van der Waals surface area (Å²) >= 11 is 3.61. The van der Waals surface area contributed by atoms with Crippen molar-refractivity contribution in [2.45, 2.75) is 63.3 Å². The second-order valence-corrected chi connectivity index (χ2v) is 5.53. The fourth-order valence-electron chi connectivity index (χ4n) is 2.68.